The second kappa shape index (κ2) is 8.14. The monoisotopic (exact) mass is 315 g/mol. The molecule has 4 heteroatoms. The molecule has 1 unspecified atom stereocenters. The number of aryl methyl sites for hydroxylation is 3. The molecule has 0 saturated carbocycles. The van der Waals surface area contributed by atoms with Gasteiger partial charge in [0.1, 0.15) is 5.75 Å². The summed E-state index contributed by atoms with van der Waals surface area (Å²) >= 11 is 0. The van der Waals surface area contributed by atoms with Crippen molar-refractivity contribution in [1.29, 1.82) is 0 Å². The van der Waals surface area contributed by atoms with Crippen LogP contribution in [0.25, 0.3) is 0 Å². The maximum atomic E-state index is 6.08. The molecule has 0 spiro atoms. The van der Waals surface area contributed by atoms with Gasteiger partial charge in [0.25, 0.3) is 0 Å². The molecule has 1 aromatic carbocycles. The molecule has 1 heterocycles. The van der Waals surface area contributed by atoms with Crippen molar-refractivity contribution < 1.29 is 4.74 Å². The highest BCUT2D eigenvalue weighted by Crippen LogP contribution is 2.35. The molecule has 23 heavy (non-hydrogen) atoms. The molecule has 0 amide bonds. The zero-order valence-electron chi connectivity index (χ0n) is 15.1. The van der Waals surface area contributed by atoms with Crippen LogP contribution in [0.3, 0.4) is 0 Å². The number of nitrogens with zero attached hydrogens (tertiary/aromatic N) is 3. The van der Waals surface area contributed by atoms with Gasteiger partial charge in [0.15, 0.2) is 0 Å². The third-order valence-electron chi connectivity index (χ3n) is 4.20. The summed E-state index contributed by atoms with van der Waals surface area (Å²) in [5.74, 6) is 1.47. The van der Waals surface area contributed by atoms with Crippen LogP contribution in [0.1, 0.15) is 61.9 Å². The Morgan fingerprint density at radius 2 is 1.96 bits per heavy atom. The van der Waals surface area contributed by atoms with Crippen molar-refractivity contribution in [2.45, 2.75) is 66.3 Å². The summed E-state index contributed by atoms with van der Waals surface area (Å²) in [6.07, 6.45) is 5.04. The van der Waals surface area contributed by atoms with Crippen LogP contribution in [0.5, 0.6) is 5.75 Å². The van der Waals surface area contributed by atoms with E-state index in [1.165, 1.54) is 16.7 Å². The third kappa shape index (κ3) is 4.34. The van der Waals surface area contributed by atoms with E-state index in [-0.39, 0.29) is 0 Å². The second-order valence-corrected chi connectivity index (χ2v) is 6.22. The van der Waals surface area contributed by atoms with E-state index in [0.29, 0.717) is 5.92 Å². The molecule has 0 aliphatic rings. The highest BCUT2D eigenvalue weighted by atomic mass is 16.5. The zero-order valence-corrected chi connectivity index (χ0v) is 15.1. The molecule has 1 aromatic heterocycles. The lowest BCUT2D eigenvalue weighted by Crippen LogP contribution is -2.08. The molecular weight excluding hydrogens is 286 g/mol. The van der Waals surface area contributed by atoms with E-state index < -0.39 is 0 Å². The van der Waals surface area contributed by atoms with Crippen molar-refractivity contribution in [2.75, 3.05) is 6.61 Å². The van der Waals surface area contributed by atoms with Gasteiger partial charge in [-0.25, -0.2) is 0 Å². The SMILES string of the molecule is CCCOc1c(C)cc(C)cc1C(CC)Cc1cn(CC)nn1. The van der Waals surface area contributed by atoms with E-state index in [0.717, 1.165) is 43.9 Å². The van der Waals surface area contributed by atoms with Gasteiger partial charge in [-0.1, -0.05) is 36.8 Å². The average Bonchev–Trinajstić information content (AvgIpc) is 2.99. The maximum absolute atomic E-state index is 6.08. The van der Waals surface area contributed by atoms with Crippen molar-refractivity contribution in [3.05, 3.63) is 40.7 Å². The fraction of sp³-hybridized carbons (Fsp3) is 0.579. The van der Waals surface area contributed by atoms with Crippen LogP contribution in [0.15, 0.2) is 18.3 Å². The molecule has 0 aliphatic carbocycles. The van der Waals surface area contributed by atoms with E-state index >= 15 is 0 Å². The maximum Gasteiger partial charge on any atom is 0.125 e. The summed E-state index contributed by atoms with van der Waals surface area (Å²) in [6, 6.07) is 4.48. The summed E-state index contributed by atoms with van der Waals surface area (Å²) in [5.41, 5.74) is 4.88. The van der Waals surface area contributed by atoms with Crippen molar-refractivity contribution >= 4 is 0 Å². The van der Waals surface area contributed by atoms with Crippen molar-refractivity contribution in [3.8, 4) is 5.75 Å². The summed E-state index contributed by atoms with van der Waals surface area (Å²) < 4.78 is 7.96. The van der Waals surface area contributed by atoms with Gasteiger partial charge in [-0.2, -0.15) is 0 Å². The minimum absolute atomic E-state index is 0.405. The zero-order chi connectivity index (χ0) is 16.8. The summed E-state index contributed by atoms with van der Waals surface area (Å²) in [5, 5.41) is 8.47. The minimum atomic E-state index is 0.405. The van der Waals surface area contributed by atoms with Crippen LogP contribution in [0, 0.1) is 13.8 Å². The number of hydrogen-bond acceptors (Lipinski definition) is 3. The smallest absolute Gasteiger partial charge is 0.125 e. The Labute approximate surface area is 139 Å². The van der Waals surface area contributed by atoms with Crippen molar-refractivity contribution in [2.24, 2.45) is 0 Å². The summed E-state index contributed by atoms with van der Waals surface area (Å²) in [6.45, 7) is 12.4. The molecule has 4 nitrogen and oxygen atoms in total. The van der Waals surface area contributed by atoms with Crippen molar-refractivity contribution in [1.82, 2.24) is 15.0 Å². The summed E-state index contributed by atoms with van der Waals surface area (Å²) in [7, 11) is 0. The first-order chi connectivity index (χ1) is 11.1. The lowest BCUT2D eigenvalue weighted by atomic mass is 9.89. The van der Waals surface area contributed by atoms with Crippen LogP contribution in [-0.4, -0.2) is 21.6 Å². The van der Waals surface area contributed by atoms with Crippen LogP contribution in [-0.2, 0) is 13.0 Å². The largest absolute Gasteiger partial charge is 0.493 e. The quantitative estimate of drug-likeness (QED) is 0.723. The Balaban J connectivity index is 2.31. The molecule has 0 saturated heterocycles. The first kappa shape index (κ1) is 17.5. The number of ether oxygens (including phenoxy) is 1. The molecule has 2 aromatic rings. The fourth-order valence-electron chi connectivity index (χ4n) is 3.01. The standard InChI is InChI=1S/C19H29N3O/c1-6-9-23-19-15(5)10-14(4)11-18(19)16(7-2)12-17-13-22(8-3)21-20-17/h10-11,13,16H,6-9,12H2,1-5H3. The number of rotatable bonds is 8. The van der Waals surface area contributed by atoms with E-state index in [2.05, 4.69) is 63.3 Å². The van der Waals surface area contributed by atoms with Gasteiger partial charge in [-0.15, -0.1) is 5.10 Å². The van der Waals surface area contributed by atoms with Gasteiger partial charge in [0.05, 0.1) is 12.3 Å². The van der Waals surface area contributed by atoms with Gasteiger partial charge in [-0.3, -0.25) is 4.68 Å². The molecule has 0 fully saturated rings. The first-order valence-electron chi connectivity index (χ1n) is 8.71. The van der Waals surface area contributed by atoms with Gasteiger partial charge in [0.2, 0.25) is 0 Å². The highest BCUT2D eigenvalue weighted by molar-refractivity contribution is 5.46. The predicted octanol–water partition coefficient (Wildman–Crippen LogP) is 4.44. The lowest BCUT2D eigenvalue weighted by molar-refractivity contribution is 0.309. The Morgan fingerprint density at radius 1 is 1.17 bits per heavy atom. The van der Waals surface area contributed by atoms with Crippen LogP contribution in [0.4, 0.5) is 0 Å². The molecule has 126 valence electrons. The van der Waals surface area contributed by atoms with Gasteiger partial charge < -0.3 is 4.74 Å². The third-order valence-corrected chi connectivity index (χ3v) is 4.20. The number of hydrogen-bond donors (Lipinski definition) is 0. The Kier molecular flexibility index (Phi) is 6.20. The Morgan fingerprint density at radius 3 is 2.57 bits per heavy atom. The molecule has 0 aliphatic heterocycles. The van der Waals surface area contributed by atoms with Gasteiger partial charge in [0, 0.05) is 19.2 Å². The number of aromatic nitrogens is 3. The van der Waals surface area contributed by atoms with Crippen molar-refractivity contribution in [3.63, 3.8) is 0 Å². The molecule has 0 N–H and O–H groups in total. The van der Waals surface area contributed by atoms with E-state index in [1.54, 1.807) is 0 Å². The van der Waals surface area contributed by atoms with E-state index in [1.807, 2.05) is 4.68 Å². The highest BCUT2D eigenvalue weighted by Gasteiger charge is 2.19. The fourth-order valence-corrected chi connectivity index (χ4v) is 3.01. The Bertz CT molecular complexity index is 634. The summed E-state index contributed by atoms with van der Waals surface area (Å²) in [4.78, 5) is 0. The molecule has 2 rings (SSSR count). The lowest BCUT2D eigenvalue weighted by Gasteiger charge is -2.21. The Hall–Kier alpha value is -1.84. The average molecular weight is 315 g/mol. The van der Waals surface area contributed by atoms with E-state index in [4.69, 9.17) is 4.74 Å². The second-order valence-electron chi connectivity index (χ2n) is 6.22. The predicted molar refractivity (Wildman–Crippen MR) is 94.1 cm³/mol. The van der Waals surface area contributed by atoms with Crippen LogP contribution in [0.2, 0.25) is 0 Å². The number of benzene rings is 1. The molecular formula is C19H29N3O. The first-order valence-corrected chi connectivity index (χ1v) is 8.71. The normalized spacial score (nSPS) is 12.4. The molecule has 0 radical (unpaired) electrons. The van der Waals surface area contributed by atoms with E-state index in [9.17, 15) is 0 Å². The molecule has 1 atom stereocenters. The van der Waals surface area contributed by atoms with Crippen LogP contribution < -0.4 is 4.74 Å². The minimum Gasteiger partial charge on any atom is -0.493 e. The topological polar surface area (TPSA) is 39.9 Å². The van der Waals surface area contributed by atoms with Gasteiger partial charge >= 0.3 is 0 Å². The molecule has 0 bridgehead atoms. The van der Waals surface area contributed by atoms with Gasteiger partial charge in [-0.05, 0) is 50.7 Å². The van der Waals surface area contributed by atoms with Crippen LogP contribution >= 0.6 is 0 Å².